The van der Waals surface area contributed by atoms with Crippen LogP contribution >= 0.6 is 0 Å². The van der Waals surface area contributed by atoms with E-state index in [-0.39, 0.29) is 37.1 Å². The molecule has 296 valence electrons. The third-order valence-corrected chi connectivity index (χ3v) is 9.37. The van der Waals surface area contributed by atoms with Gasteiger partial charge in [-0.15, -0.1) is 0 Å². The van der Waals surface area contributed by atoms with E-state index in [0.717, 1.165) is 49.6 Å². The number of nitrogens with zero attached hydrogens (tertiary/aromatic N) is 1. The van der Waals surface area contributed by atoms with Gasteiger partial charge in [0, 0.05) is 19.3 Å². The van der Waals surface area contributed by atoms with E-state index >= 15 is 0 Å². The second-order valence-corrected chi connectivity index (χ2v) is 15.6. The lowest BCUT2D eigenvalue weighted by Gasteiger charge is -2.25. The molecule has 50 heavy (non-hydrogen) atoms. The van der Waals surface area contributed by atoms with Gasteiger partial charge < -0.3 is 26.4 Å². The number of hydrogen-bond acceptors (Lipinski definition) is 4. The van der Waals surface area contributed by atoms with E-state index in [2.05, 4.69) is 59.3 Å². The fraction of sp³-hybridized carbons (Fsp3) is 0.864. The molecule has 0 spiro atoms. The van der Waals surface area contributed by atoms with Gasteiger partial charge >= 0.3 is 11.9 Å². The average molecular weight is 727 g/mol. The minimum absolute atomic E-state index is 0. The van der Waals surface area contributed by atoms with Gasteiger partial charge in [-0.25, -0.2) is 0 Å². The van der Waals surface area contributed by atoms with E-state index < -0.39 is 0 Å². The molecular weight excluding hydrogens is 642 g/mol. The molecule has 1 atom stereocenters. The topological polar surface area (TPSA) is 52.6 Å². The largest absolute Gasteiger partial charge is 1.00 e. The minimum Gasteiger partial charge on any atom is -1.00 e. The van der Waals surface area contributed by atoms with E-state index in [9.17, 15) is 9.59 Å². The van der Waals surface area contributed by atoms with Crippen molar-refractivity contribution in [2.45, 2.75) is 213 Å². The number of allylic oxidation sites excluding steroid dienone is 4. The van der Waals surface area contributed by atoms with Gasteiger partial charge in [0.25, 0.3) is 0 Å². The SMILES string of the molecule is CCCCCCCCC=CCCCCCCCC(=O)OCC(CCC[N+](C)(C)C)OC(=O)CCCCCCC/C=C\CCCCCCCC.[Cl-]. The van der Waals surface area contributed by atoms with E-state index in [1.807, 2.05) is 0 Å². The summed E-state index contributed by atoms with van der Waals surface area (Å²) in [6.45, 7) is 5.71. The predicted molar refractivity (Wildman–Crippen MR) is 212 cm³/mol. The molecule has 0 aliphatic carbocycles. The van der Waals surface area contributed by atoms with E-state index in [4.69, 9.17) is 9.47 Å². The van der Waals surface area contributed by atoms with E-state index in [0.29, 0.717) is 12.8 Å². The molecular formula is C44H84ClNO4. The van der Waals surface area contributed by atoms with Crippen LogP contribution in [0, 0.1) is 0 Å². The third kappa shape index (κ3) is 41.1. The van der Waals surface area contributed by atoms with Crippen LogP contribution in [0.4, 0.5) is 0 Å². The van der Waals surface area contributed by atoms with Crippen LogP contribution in [0.25, 0.3) is 0 Å². The zero-order valence-electron chi connectivity index (χ0n) is 34.0. The van der Waals surface area contributed by atoms with Gasteiger partial charge in [-0.05, 0) is 70.6 Å². The second-order valence-electron chi connectivity index (χ2n) is 15.6. The van der Waals surface area contributed by atoms with Crippen molar-refractivity contribution in [2.75, 3.05) is 34.3 Å². The Labute approximate surface area is 318 Å². The maximum atomic E-state index is 12.6. The fourth-order valence-corrected chi connectivity index (χ4v) is 6.15. The monoisotopic (exact) mass is 726 g/mol. The Balaban J connectivity index is 0. The smallest absolute Gasteiger partial charge is 0.306 e. The number of esters is 2. The highest BCUT2D eigenvalue weighted by Crippen LogP contribution is 2.14. The van der Waals surface area contributed by atoms with Gasteiger partial charge in [0.1, 0.15) is 12.7 Å². The van der Waals surface area contributed by atoms with Crippen LogP contribution in [-0.4, -0.2) is 56.8 Å². The molecule has 0 aromatic heterocycles. The maximum Gasteiger partial charge on any atom is 0.306 e. The Hall–Kier alpha value is -1.33. The van der Waals surface area contributed by atoms with Gasteiger partial charge in [0.15, 0.2) is 0 Å². The van der Waals surface area contributed by atoms with Crippen LogP contribution in [-0.2, 0) is 19.1 Å². The number of halogens is 1. The van der Waals surface area contributed by atoms with Crippen LogP contribution in [0.3, 0.4) is 0 Å². The highest BCUT2D eigenvalue weighted by atomic mass is 35.5. The van der Waals surface area contributed by atoms with Crippen LogP contribution in [0.1, 0.15) is 206 Å². The van der Waals surface area contributed by atoms with Crippen LogP contribution in [0.5, 0.6) is 0 Å². The summed E-state index contributed by atoms with van der Waals surface area (Å²) in [4.78, 5) is 25.1. The number of carbonyl (C=O) groups is 2. The molecule has 5 nitrogen and oxygen atoms in total. The van der Waals surface area contributed by atoms with Crippen LogP contribution in [0.2, 0.25) is 0 Å². The van der Waals surface area contributed by atoms with Crippen molar-refractivity contribution < 1.29 is 36.0 Å². The van der Waals surface area contributed by atoms with Gasteiger partial charge in [-0.3, -0.25) is 9.59 Å². The summed E-state index contributed by atoms with van der Waals surface area (Å²) in [5.74, 6) is -0.316. The Bertz CT molecular complexity index is 791. The first-order valence-corrected chi connectivity index (χ1v) is 21.2. The summed E-state index contributed by atoms with van der Waals surface area (Å²) < 4.78 is 12.3. The zero-order valence-corrected chi connectivity index (χ0v) is 34.7. The van der Waals surface area contributed by atoms with Crippen molar-refractivity contribution in [3.63, 3.8) is 0 Å². The van der Waals surface area contributed by atoms with Crippen molar-refractivity contribution in [1.29, 1.82) is 0 Å². The van der Waals surface area contributed by atoms with Gasteiger partial charge in [-0.1, -0.05) is 141 Å². The number of quaternary nitrogens is 1. The molecule has 0 aliphatic heterocycles. The summed E-state index contributed by atoms with van der Waals surface area (Å²) in [5.41, 5.74) is 0. The average Bonchev–Trinajstić information content (AvgIpc) is 3.06. The lowest BCUT2D eigenvalue weighted by molar-refractivity contribution is -0.870. The molecule has 0 fully saturated rings. The highest BCUT2D eigenvalue weighted by molar-refractivity contribution is 5.70. The summed E-state index contributed by atoms with van der Waals surface area (Å²) in [7, 11) is 6.51. The normalized spacial score (nSPS) is 12.4. The standard InChI is InChI=1S/C44H84NO4.ClH/c1-6-8-10-12-14-16-18-20-22-24-26-28-30-32-34-38-43(46)48-41-42(37-36-40-45(3,4)5)49-44(47)39-35-33-31-29-27-25-23-21-19-17-15-13-11-9-7-2;/h20-23,42H,6-19,24-41H2,1-5H3;1H/q+1;/p-1/b22-20?,23-21-;. The summed E-state index contributed by atoms with van der Waals surface area (Å²) in [5, 5.41) is 0. The second kappa shape index (κ2) is 38.9. The summed E-state index contributed by atoms with van der Waals surface area (Å²) in [6, 6.07) is 0. The molecule has 0 aliphatic rings. The molecule has 0 heterocycles. The number of unbranched alkanes of at least 4 members (excludes halogenated alkanes) is 22. The van der Waals surface area contributed by atoms with Crippen LogP contribution in [0.15, 0.2) is 24.3 Å². The first kappa shape index (κ1) is 50.8. The maximum absolute atomic E-state index is 12.6. The molecule has 0 aromatic rings. The van der Waals surface area contributed by atoms with Crippen molar-refractivity contribution in [3.05, 3.63) is 24.3 Å². The summed E-state index contributed by atoms with van der Waals surface area (Å²) in [6.07, 6.45) is 43.9. The molecule has 0 aromatic carbocycles. The molecule has 0 saturated carbocycles. The minimum atomic E-state index is -0.347. The van der Waals surface area contributed by atoms with Gasteiger partial charge in [0.2, 0.25) is 0 Å². The first-order valence-electron chi connectivity index (χ1n) is 21.2. The van der Waals surface area contributed by atoms with E-state index in [1.54, 1.807) is 0 Å². The Morgan fingerprint density at radius 2 is 0.860 bits per heavy atom. The third-order valence-electron chi connectivity index (χ3n) is 9.37. The Morgan fingerprint density at radius 3 is 1.26 bits per heavy atom. The predicted octanol–water partition coefficient (Wildman–Crippen LogP) is 10.0. The molecule has 0 rings (SSSR count). The van der Waals surface area contributed by atoms with Crippen molar-refractivity contribution in [2.24, 2.45) is 0 Å². The van der Waals surface area contributed by atoms with Crippen LogP contribution < -0.4 is 12.4 Å². The molecule has 6 heteroatoms. The lowest BCUT2D eigenvalue weighted by atomic mass is 10.1. The quantitative estimate of drug-likeness (QED) is 0.0277. The molecule has 0 N–H and O–H groups in total. The number of hydrogen-bond donors (Lipinski definition) is 0. The van der Waals surface area contributed by atoms with Crippen molar-refractivity contribution in [3.8, 4) is 0 Å². The summed E-state index contributed by atoms with van der Waals surface area (Å²) >= 11 is 0. The lowest BCUT2D eigenvalue weighted by Crippen LogP contribution is -3.00. The van der Waals surface area contributed by atoms with Crippen molar-refractivity contribution in [1.82, 2.24) is 0 Å². The molecule has 0 bridgehead atoms. The Kier molecular flexibility index (Phi) is 39.5. The molecule has 0 saturated heterocycles. The van der Waals surface area contributed by atoms with Gasteiger partial charge in [-0.2, -0.15) is 0 Å². The van der Waals surface area contributed by atoms with Gasteiger partial charge in [0.05, 0.1) is 27.7 Å². The number of rotatable bonds is 37. The highest BCUT2D eigenvalue weighted by Gasteiger charge is 2.18. The Morgan fingerprint density at radius 1 is 0.500 bits per heavy atom. The van der Waals surface area contributed by atoms with Crippen molar-refractivity contribution >= 4 is 11.9 Å². The molecule has 1 unspecified atom stereocenters. The molecule has 0 amide bonds. The number of ether oxygens (including phenoxy) is 2. The molecule has 0 radical (unpaired) electrons. The zero-order chi connectivity index (χ0) is 36.1. The number of carbonyl (C=O) groups excluding carboxylic acids is 2. The fourth-order valence-electron chi connectivity index (χ4n) is 6.15. The van der Waals surface area contributed by atoms with E-state index in [1.165, 1.54) is 141 Å². The first-order chi connectivity index (χ1) is 23.8.